The Morgan fingerprint density at radius 2 is 2.00 bits per heavy atom. The predicted molar refractivity (Wildman–Crippen MR) is 70.4 cm³/mol. The summed E-state index contributed by atoms with van der Waals surface area (Å²) in [6.07, 6.45) is 0. The topological polar surface area (TPSA) is 47.0 Å². The minimum Gasteiger partial charge on any atom is -0.478 e. The molecule has 4 heteroatoms. The fourth-order valence-electron chi connectivity index (χ4n) is 1.33. The molecule has 1 heterocycles. The summed E-state index contributed by atoms with van der Waals surface area (Å²) in [4.78, 5) is 8.66. The summed E-state index contributed by atoms with van der Waals surface area (Å²) in [6, 6.07) is 1.85. The van der Waals surface area contributed by atoms with Crippen molar-refractivity contribution in [3.63, 3.8) is 0 Å². The van der Waals surface area contributed by atoms with Gasteiger partial charge in [-0.1, -0.05) is 20.8 Å². The zero-order chi connectivity index (χ0) is 12.8. The summed E-state index contributed by atoms with van der Waals surface area (Å²) >= 11 is 0. The maximum atomic E-state index is 5.39. The quantitative estimate of drug-likeness (QED) is 0.826. The molecule has 0 bridgehead atoms. The maximum Gasteiger partial charge on any atom is 0.226 e. The van der Waals surface area contributed by atoms with E-state index in [1.54, 1.807) is 0 Å². The van der Waals surface area contributed by atoms with Crippen molar-refractivity contribution in [2.75, 3.05) is 18.5 Å². The van der Waals surface area contributed by atoms with Gasteiger partial charge in [-0.15, -0.1) is 0 Å². The van der Waals surface area contributed by atoms with Gasteiger partial charge in [-0.2, -0.15) is 4.98 Å². The number of ether oxygens (including phenoxy) is 1. The number of rotatable bonds is 6. The molecule has 0 aliphatic carbocycles. The monoisotopic (exact) mass is 237 g/mol. The van der Waals surface area contributed by atoms with Gasteiger partial charge in [-0.25, -0.2) is 4.98 Å². The SMILES string of the molecule is CCOc1cc(C)nc(NCC(C)C(C)C)n1. The highest BCUT2D eigenvalue weighted by Gasteiger charge is 2.08. The third kappa shape index (κ3) is 4.59. The molecule has 96 valence electrons. The molecule has 0 aromatic carbocycles. The number of aryl methyl sites for hydroxylation is 1. The predicted octanol–water partition coefficient (Wildman–Crippen LogP) is 2.89. The number of nitrogens with one attached hydrogen (secondary N) is 1. The first-order valence-electron chi connectivity index (χ1n) is 6.25. The summed E-state index contributed by atoms with van der Waals surface area (Å²) in [6.45, 7) is 12.1. The van der Waals surface area contributed by atoms with E-state index in [0.717, 1.165) is 12.2 Å². The molecule has 0 fully saturated rings. The van der Waals surface area contributed by atoms with Gasteiger partial charge in [-0.3, -0.25) is 0 Å². The summed E-state index contributed by atoms with van der Waals surface area (Å²) < 4.78 is 5.39. The van der Waals surface area contributed by atoms with Gasteiger partial charge in [0.2, 0.25) is 11.8 Å². The van der Waals surface area contributed by atoms with E-state index < -0.39 is 0 Å². The van der Waals surface area contributed by atoms with Crippen LogP contribution >= 0.6 is 0 Å². The van der Waals surface area contributed by atoms with Crippen LogP contribution in [0.1, 0.15) is 33.4 Å². The molecule has 1 aromatic heterocycles. The van der Waals surface area contributed by atoms with Crippen LogP contribution in [0.25, 0.3) is 0 Å². The molecule has 0 saturated heterocycles. The average Bonchev–Trinajstić information content (AvgIpc) is 2.25. The van der Waals surface area contributed by atoms with Gasteiger partial charge < -0.3 is 10.1 Å². The second kappa shape index (κ2) is 6.42. The van der Waals surface area contributed by atoms with Crippen molar-refractivity contribution in [2.45, 2.75) is 34.6 Å². The van der Waals surface area contributed by atoms with Crippen molar-refractivity contribution in [1.29, 1.82) is 0 Å². The molecule has 1 atom stereocenters. The fourth-order valence-corrected chi connectivity index (χ4v) is 1.33. The molecule has 4 nitrogen and oxygen atoms in total. The van der Waals surface area contributed by atoms with E-state index in [1.165, 1.54) is 0 Å². The van der Waals surface area contributed by atoms with E-state index in [4.69, 9.17) is 4.74 Å². The molecular weight excluding hydrogens is 214 g/mol. The van der Waals surface area contributed by atoms with Crippen LogP contribution in [0.15, 0.2) is 6.07 Å². The Labute approximate surface area is 104 Å². The summed E-state index contributed by atoms with van der Waals surface area (Å²) in [5, 5.41) is 3.26. The third-order valence-corrected chi connectivity index (χ3v) is 2.84. The van der Waals surface area contributed by atoms with Crippen LogP contribution in [-0.2, 0) is 0 Å². The molecule has 1 rings (SSSR count). The Morgan fingerprint density at radius 3 is 2.59 bits per heavy atom. The van der Waals surface area contributed by atoms with Gasteiger partial charge in [-0.05, 0) is 25.7 Å². The molecule has 1 aromatic rings. The van der Waals surface area contributed by atoms with E-state index in [0.29, 0.717) is 30.3 Å². The molecule has 0 aliphatic rings. The lowest BCUT2D eigenvalue weighted by molar-refractivity contribution is 0.326. The highest BCUT2D eigenvalue weighted by atomic mass is 16.5. The van der Waals surface area contributed by atoms with E-state index in [9.17, 15) is 0 Å². The Morgan fingerprint density at radius 1 is 1.29 bits per heavy atom. The van der Waals surface area contributed by atoms with Crippen molar-refractivity contribution in [1.82, 2.24) is 9.97 Å². The molecule has 1 unspecified atom stereocenters. The van der Waals surface area contributed by atoms with Crippen LogP contribution < -0.4 is 10.1 Å². The van der Waals surface area contributed by atoms with E-state index >= 15 is 0 Å². The van der Waals surface area contributed by atoms with Gasteiger partial charge in [0.05, 0.1) is 6.61 Å². The zero-order valence-electron chi connectivity index (χ0n) is 11.4. The third-order valence-electron chi connectivity index (χ3n) is 2.84. The second-order valence-electron chi connectivity index (χ2n) is 4.71. The van der Waals surface area contributed by atoms with E-state index in [1.807, 2.05) is 19.9 Å². The smallest absolute Gasteiger partial charge is 0.226 e. The Balaban J connectivity index is 2.64. The molecule has 1 N–H and O–H groups in total. The van der Waals surface area contributed by atoms with Crippen LogP contribution in [0.5, 0.6) is 5.88 Å². The van der Waals surface area contributed by atoms with E-state index in [2.05, 4.69) is 36.1 Å². The second-order valence-corrected chi connectivity index (χ2v) is 4.71. The van der Waals surface area contributed by atoms with Crippen molar-refractivity contribution in [3.05, 3.63) is 11.8 Å². The Kier molecular flexibility index (Phi) is 5.19. The zero-order valence-corrected chi connectivity index (χ0v) is 11.4. The first-order chi connectivity index (χ1) is 8.02. The van der Waals surface area contributed by atoms with Crippen LogP contribution in [-0.4, -0.2) is 23.1 Å². The summed E-state index contributed by atoms with van der Waals surface area (Å²) in [5.74, 6) is 2.54. The molecule has 0 aliphatic heterocycles. The lowest BCUT2D eigenvalue weighted by Crippen LogP contribution is -2.17. The Hall–Kier alpha value is -1.32. The standard InChI is InChI=1S/C13H23N3O/c1-6-17-12-7-11(5)15-13(16-12)14-8-10(4)9(2)3/h7,9-10H,6,8H2,1-5H3,(H,14,15,16). The number of aromatic nitrogens is 2. The Bertz CT molecular complexity index is 353. The lowest BCUT2D eigenvalue weighted by atomic mass is 9.98. The van der Waals surface area contributed by atoms with Gasteiger partial charge in [0.25, 0.3) is 0 Å². The van der Waals surface area contributed by atoms with Crippen LogP contribution in [0.2, 0.25) is 0 Å². The van der Waals surface area contributed by atoms with Gasteiger partial charge in [0.1, 0.15) is 0 Å². The minimum atomic E-state index is 0.592. The van der Waals surface area contributed by atoms with Crippen LogP contribution in [0, 0.1) is 18.8 Å². The molecular formula is C13H23N3O. The highest BCUT2D eigenvalue weighted by molar-refractivity contribution is 5.30. The first kappa shape index (κ1) is 13.7. The number of nitrogens with zero attached hydrogens (tertiary/aromatic N) is 2. The largest absolute Gasteiger partial charge is 0.478 e. The molecule has 0 spiro atoms. The lowest BCUT2D eigenvalue weighted by Gasteiger charge is -2.16. The van der Waals surface area contributed by atoms with Gasteiger partial charge in [0.15, 0.2) is 0 Å². The average molecular weight is 237 g/mol. The summed E-state index contributed by atoms with van der Waals surface area (Å²) in [5.41, 5.74) is 0.920. The summed E-state index contributed by atoms with van der Waals surface area (Å²) in [7, 11) is 0. The maximum absolute atomic E-state index is 5.39. The van der Waals surface area contributed by atoms with E-state index in [-0.39, 0.29) is 0 Å². The normalized spacial score (nSPS) is 12.6. The highest BCUT2D eigenvalue weighted by Crippen LogP contribution is 2.14. The fraction of sp³-hybridized carbons (Fsp3) is 0.692. The van der Waals surface area contributed by atoms with Crippen molar-refractivity contribution < 1.29 is 4.74 Å². The van der Waals surface area contributed by atoms with Crippen molar-refractivity contribution >= 4 is 5.95 Å². The van der Waals surface area contributed by atoms with Gasteiger partial charge in [0, 0.05) is 18.3 Å². The molecule has 0 saturated carbocycles. The molecule has 0 amide bonds. The van der Waals surface area contributed by atoms with Crippen molar-refractivity contribution in [3.8, 4) is 5.88 Å². The first-order valence-corrected chi connectivity index (χ1v) is 6.25. The number of hydrogen-bond donors (Lipinski definition) is 1. The molecule has 17 heavy (non-hydrogen) atoms. The number of hydrogen-bond acceptors (Lipinski definition) is 4. The van der Waals surface area contributed by atoms with Gasteiger partial charge >= 0.3 is 0 Å². The van der Waals surface area contributed by atoms with Crippen LogP contribution in [0.4, 0.5) is 5.95 Å². The molecule has 0 radical (unpaired) electrons. The minimum absolute atomic E-state index is 0.592. The van der Waals surface area contributed by atoms with Crippen molar-refractivity contribution in [2.24, 2.45) is 11.8 Å². The number of anilines is 1. The van der Waals surface area contributed by atoms with Crippen LogP contribution in [0.3, 0.4) is 0 Å².